The van der Waals surface area contributed by atoms with E-state index in [1.54, 1.807) is 0 Å². The van der Waals surface area contributed by atoms with Gasteiger partial charge in [-0.25, -0.2) is 4.98 Å². The number of nitrogens with zero attached hydrogens (tertiary/aromatic N) is 3. The number of aliphatic hydroxyl groups is 1. The summed E-state index contributed by atoms with van der Waals surface area (Å²) in [6.45, 7) is 0.0200. The van der Waals surface area contributed by atoms with Crippen molar-refractivity contribution in [3.05, 3.63) is 90.9 Å². The Morgan fingerprint density at radius 1 is 0.852 bits per heavy atom. The van der Waals surface area contributed by atoms with Crippen molar-refractivity contribution in [2.24, 2.45) is 0 Å². The quantitative estimate of drug-likeness (QED) is 0.512. The molecule has 3 aromatic heterocycles. The zero-order valence-corrected chi connectivity index (χ0v) is 14.6. The molecule has 3 heterocycles. The van der Waals surface area contributed by atoms with Crippen LogP contribution >= 0.6 is 0 Å². The largest absolute Gasteiger partial charge is 0.392 e. The summed E-state index contributed by atoms with van der Waals surface area (Å²) in [7, 11) is 0. The van der Waals surface area contributed by atoms with Gasteiger partial charge >= 0.3 is 0 Å². The minimum absolute atomic E-state index is 0.0200. The fraction of sp³-hybridized carbons (Fsp3) is 0.0435. The smallest absolute Gasteiger partial charge is 0.137 e. The minimum atomic E-state index is 0.0200. The molecule has 0 unspecified atom stereocenters. The molecule has 0 spiro atoms. The molecule has 0 amide bonds. The van der Waals surface area contributed by atoms with Crippen LogP contribution in [-0.4, -0.2) is 19.5 Å². The number of aromatic nitrogens is 3. The van der Waals surface area contributed by atoms with E-state index in [0.29, 0.717) is 0 Å². The zero-order valence-electron chi connectivity index (χ0n) is 14.6. The number of pyridine rings is 2. The van der Waals surface area contributed by atoms with E-state index >= 15 is 0 Å². The fourth-order valence-corrected chi connectivity index (χ4v) is 3.44. The second-order valence-corrected chi connectivity index (χ2v) is 6.54. The first kappa shape index (κ1) is 15.7. The number of fused-ring (bicyclic) bond motifs is 2. The van der Waals surface area contributed by atoms with E-state index in [2.05, 4.69) is 23.3 Å². The van der Waals surface area contributed by atoms with Gasteiger partial charge in [-0.2, -0.15) is 0 Å². The standard InChI is InChI=1S/C23H17N3O/c27-15-18-6-1-3-7-20(18)17-9-10-23-25-22(14-26(23)13-17)19-11-16-5-2-4-8-21(16)24-12-19/h1-14,27H,15H2. The predicted octanol–water partition coefficient (Wildman–Crippen LogP) is 4.71. The SMILES string of the molecule is OCc1ccccc1-c1ccc2nc(-c3cnc4ccccc4c3)cn2c1. The summed E-state index contributed by atoms with van der Waals surface area (Å²) >= 11 is 0. The number of hydrogen-bond donors (Lipinski definition) is 1. The summed E-state index contributed by atoms with van der Waals surface area (Å²) in [6, 6.07) is 22.1. The number of para-hydroxylation sites is 1. The highest BCUT2D eigenvalue weighted by atomic mass is 16.3. The molecule has 0 saturated heterocycles. The van der Waals surface area contributed by atoms with Crippen LogP contribution in [0, 0.1) is 0 Å². The van der Waals surface area contributed by atoms with Gasteiger partial charge in [0.2, 0.25) is 0 Å². The van der Waals surface area contributed by atoms with Crippen LogP contribution in [0.4, 0.5) is 0 Å². The summed E-state index contributed by atoms with van der Waals surface area (Å²) in [4.78, 5) is 9.28. The number of imidazole rings is 1. The number of hydrogen-bond acceptors (Lipinski definition) is 3. The van der Waals surface area contributed by atoms with Gasteiger partial charge in [0, 0.05) is 29.5 Å². The maximum atomic E-state index is 9.61. The molecule has 27 heavy (non-hydrogen) atoms. The molecule has 0 fully saturated rings. The van der Waals surface area contributed by atoms with Crippen LogP contribution in [0.2, 0.25) is 0 Å². The molecule has 1 N–H and O–H groups in total. The van der Waals surface area contributed by atoms with E-state index in [1.165, 1.54) is 0 Å². The third-order valence-electron chi connectivity index (χ3n) is 4.84. The summed E-state index contributed by atoms with van der Waals surface area (Å²) < 4.78 is 2.02. The van der Waals surface area contributed by atoms with Crippen molar-refractivity contribution < 1.29 is 5.11 Å². The molecule has 130 valence electrons. The van der Waals surface area contributed by atoms with Crippen molar-refractivity contribution in [1.82, 2.24) is 14.4 Å². The zero-order chi connectivity index (χ0) is 18.2. The van der Waals surface area contributed by atoms with Crippen molar-refractivity contribution in [2.75, 3.05) is 0 Å². The van der Waals surface area contributed by atoms with Crippen LogP contribution in [0.15, 0.2) is 85.3 Å². The Morgan fingerprint density at radius 2 is 1.70 bits per heavy atom. The molecule has 0 atom stereocenters. The predicted molar refractivity (Wildman–Crippen MR) is 107 cm³/mol. The van der Waals surface area contributed by atoms with Crippen molar-refractivity contribution in [2.45, 2.75) is 6.61 Å². The van der Waals surface area contributed by atoms with Gasteiger partial charge < -0.3 is 9.51 Å². The third kappa shape index (κ3) is 2.76. The Kier molecular flexibility index (Phi) is 3.69. The van der Waals surface area contributed by atoms with Crippen molar-refractivity contribution >= 4 is 16.6 Å². The highest BCUT2D eigenvalue weighted by Crippen LogP contribution is 2.27. The van der Waals surface area contributed by atoms with Gasteiger partial charge in [-0.1, -0.05) is 42.5 Å². The van der Waals surface area contributed by atoms with E-state index in [1.807, 2.05) is 71.4 Å². The first-order valence-electron chi connectivity index (χ1n) is 8.85. The summed E-state index contributed by atoms with van der Waals surface area (Å²) in [5.41, 5.74) is 6.74. The second kappa shape index (κ2) is 6.34. The van der Waals surface area contributed by atoms with E-state index in [0.717, 1.165) is 44.5 Å². The molecule has 0 aliphatic rings. The molecular weight excluding hydrogens is 334 g/mol. The van der Waals surface area contributed by atoms with Crippen molar-refractivity contribution in [1.29, 1.82) is 0 Å². The van der Waals surface area contributed by atoms with Gasteiger partial charge in [0.25, 0.3) is 0 Å². The Bertz CT molecular complexity index is 1270. The van der Waals surface area contributed by atoms with Gasteiger partial charge in [-0.15, -0.1) is 0 Å². The lowest BCUT2D eigenvalue weighted by Gasteiger charge is -2.07. The first-order valence-corrected chi connectivity index (χ1v) is 8.85. The van der Waals surface area contributed by atoms with Crippen LogP contribution in [0.1, 0.15) is 5.56 Å². The van der Waals surface area contributed by atoms with Crippen LogP contribution in [-0.2, 0) is 6.61 Å². The number of aliphatic hydroxyl groups excluding tert-OH is 1. The van der Waals surface area contributed by atoms with Crippen LogP contribution in [0.5, 0.6) is 0 Å². The van der Waals surface area contributed by atoms with Gasteiger partial charge in [0.1, 0.15) is 5.65 Å². The number of benzene rings is 2. The van der Waals surface area contributed by atoms with E-state index in [9.17, 15) is 5.11 Å². The van der Waals surface area contributed by atoms with E-state index in [-0.39, 0.29) is 6.61 Å². The molecular formula is C23H17N3O. The van der Waals surface area contributed by atoms with Crippen molar-refractivity contribution in [3.8, 4) is 22.4 Å². The molecule has 5 aromatic rings. The Balaban J connectivity index is 1.61. The lowest BCUT2D eigenvalue weighted by molar-refractivity contribution is 0.282. The van der Waals surface area contributed by atoms with Crippen LogP contribution in [0.25, 0.3) is 38.9 Å². The molecule has 0 radical (unpaired) electrons. The lowest BCUT2D eigenvalue weighted by Crippen LogP contribution is -1.91. The van der Waals surface area contributed by atoms with Crippen LogP contribution in [0.3, 0.4) is 0 Å². The van der Waals surface area contributed by atoms with Gasteiger partial charge in [-0.3, -0.25) is 4.98 Å². The minimum Gasteiger partial charge on any atom is -0.392 e. The molecule has 0 aliphatic heterocycles. The van der Waals surface area contributed by atoms with Gasteiger partial charge in [0.15, 0.2) is 0 Å². The first-order chi connectivity index (χ1) is 13.3. The van der Waals surface area contributed by atoms with Crippen molar-refractivity contribution in [3.63, 3.8) is 0 Å². The summed E-state index contributed by atoms with van der Waals surface area (Å²) in [6.07, 6.45) is 5.94. The molecule has 0 saturated carbocycles. The Morgan fingerprint density at radius 3 is 2.63 bits per heavy atom. The highest BCUT2D eigenvalue weighted by Gasteiger charge is 2.09. The highest BCUT2D eigenvalue weighted by molar-refractivity contribution is 5.83. The fourth-order valence-electron chi connectivity index (χ4n) is 3.44. The van der Waals surface area contributed by atoms with Gasteiger partial charge in [0.05, 0.1) is 17.8 Å². The average molecular weight is 351 g/mol. The normalized spacial score (nSPS) is 11.3. The summed E-state index contributed by atoms with van der Waals surface area (Å²) in [5, 5.41) is 10.7. The number of rotatable bonds is 3. The Labute approximate surface area is 156 Å². The van der Waals surface area contributed by atoms with Gasteiger partial charge in [-0.05, 0) is 41.0 Å². The second-order valence-electron chi connectivity index (χ2n) is 6.54. The molecule has 0 bridgehead atoms. The van der Waals surface area contributed by atoms with E-state index in [4.69, 9.17) is 4.98 Å². The maximum absolute atomic E-state index is 9.61. The topological polar surface area (TPSA) is 50.4 Å². The third-order valence-corrected chi connectivity index (χ3v) is 4.84. The molecule has 5 rings (SSSR count). The average Bonchev–Trinajstić information content (AvgIpc) is 3.16. The molecule has 4 nitrogen and oxygen atoms in total. The molecule has 4 heteroatoms. The molecule has 0 aliphatic carbocycles. The van der Waals surface area contributed by atoms with Crippen LogP contribution < -0.4 is 0 Å². The monoisotopic (exact) mass is 351 g/mol. The lowest BCUT2D eigenvalue weighted by atomic mass is 10.0. The maximum Gasteiger partial charge on any atom is 0.137 e. The molecule has 2 aromatic carbocycles. The van der Waals surface area contributed by atoms with E-state index < -0.39 is 0 Å². The summed E-state index contributed by atoms with van der Waals surface area (Å²) in [5.74, 6) is 0. The Hall–Kier alpha value is -3.50.